The van der Waals surface area contributed by atoms with Crippen molar-refractivity contribution in [2.24, 2.45) is 0 Å². The van der Waals surface area contributed by atoms with Gasteiger partial charge in [0.1, 0.15) is 0 Å². The zero-order valence-corrected chi connectivity index (χ0v) is 15.2. The molecule has 0 radical (unpaired) electrons. The normalized spacial score (nSPS) is 11.8. The zero-order chi connectivity index (χ0) is 19.1. The van der Waals surface area contributed by atoms with Gasteiger partial charge < -0.3 is 34.8 Å². The molecule has 0 aliphatic rings. The number of hydrogen-bond acceptors (Lipinski definition) is 7. The summed E-state index contributed by atoms with van der Waals surface area (Å²) in [6.07, 6.45) is -0.134. The molecular weight excluding hydrogens is 338 g/mol. The summed E-state index contributed by atoms with van der Waals surface area (Å²) in [6.45, 7) is 0.910. The van der Waals surface area contributed by atoms with Crippen molar-refractivity contribution in [3.8, 4) is 28.7 Å². The molecule has 2 aromatic carbocycles. The Morgan fingerprint density at radius 3 is 2.27 bits per heavy atom. The van der Waals surface area contributed by atoms with E-state index in [1.54, 1.807) is 27.4 Å². The Bertz CT molecular complexity index is 734. The second-order valence-electron chi connectivity index (χ2n) is 5.71. The number of ether oxygens (including phenoxy) is 3. The van der Waals surface area contributed by atoms with E-state index in [1.807, 2.05) is 12.1 Å². The minimum absolute atomic E-state index is 0.213. The predicted molar refractivity (Wildman–Crippen MR) is 97.4 cm³/mol. The van der Waals surface area contributed by atoms with Gasteiger partial charge >= 0.3 is 0 Å². The molecule has 0 bridgehead atoms. The third-order valence-corrected chi connectivity index (χ3v) is 4.08. The van der Waals surface area contributed by atoms with Crippen LogP contribution in [0.2, 0.25) is 0 Å². The smallest absolute Gasteiger partial charge is 0.203 e. The fourth-order valence-electron chi connectivity index (χ4n) is 2.69. The summed E-state index contributed by atoms with van der Waals surface area (Å²) >= 11 is 0. The third-order valence-electron chi connectivity index (χ3n) is 4.08. The van der Waals surface area contributed by atoms with Crippen molar-refractivity contribution in [2.45, 2.75) is 12.5 Å². The van der Waals surface area contributed by atoms with E-state index in [2.05, 4.69) is 5.32 Å². The van der Waals surface area contributed by atoms with Crippen molar-refractivity contribution >= 4 is 0 Å². The molecule has 0 amide bonds. The molecule has 0 aliphatic heterocycles. The van der Waals surface area contributed by atoms with E-state index >= 15 is 0 Å². The lowest BCUT2D eigenvalue weighted by molar-refractivity contribution is 0.174. The molecule has 0 fully saturated rings. The average Bonchev–Trinajstić information content (AvgIpc) is 2.66. The summed E-state index contributed by atoms with van der Waals surface area (Å²) in [4.78, 5) is 0. The third kappa shape index (κ3) is 4.50. The van der Waals surface area contributed by atoms with Crippen LogP contribution in [0.4, 0.5) is 0 Å². The lowest BCUT2D eigenvalue weighted by atomic mass is 10.1. The van der Waals surface area contributed by atoms with Gasteiger partial charge in [-0.1, -0.05) is 12.1 Å². The molecule has 0 unspecified atom stereocenters. The van der Waals surface area contributed by atoms with E-state index in [0.29, 0.717) is 42.3 Å². The van der Waals surface area contributed by atoms with Crippen LogP contribution in [0.25, 0.3) is 0 Å². The van der Waals surface area contributed by atoms with Crippen LogP contribution in [0.5, 0.6) is 28.7 Å². The summed E-state index contributed by atoms with van der Waals surface area (Å²) < 4.78 is 16.1. The molecule has 0 spiro atoms. The van der Waals surface area contributed by atoms with Crippen molar-refractivity contribution in [2.75, 3.05) is 34.4 Å². The molecule has 0 saturated carbocycles. The molecule has 0 aromatic heterocycles. The van der Waals surface area contributed by atoms with Crippen LogP contribution in [0.3, 0.4) is 0 Å². The van der Waals surface area contributed by atoms with Gasteiger partial charge in [0.15, 0.2) is 23.0 Å². The zero-order valence-electron chi connectivity index (χ0n) is 15.2. The van der Waals surface area contributed by atoms with E-state index < -0.39 is 6.10 Å². The monoisotopic (exact) mass is 363 g/mol. The number of aliphatic hydroxyl groups excluding tert-OH is 1. The average molecular weight is 363 g/mol. The number of nitrogens with one attached hydrogen (secondary N) is 1. The number of phenols is 2. The highest BCUT2D eigenvalue weighted by molar-refractivity contribution is 5.55. The first-order valence-electron chi connectivity index (χ1n) is 8.20. The summed E-state index contributed by atoms with van der Waals surface area (Å²) in [5, 5.41) is 32.1. The standard InChI is InChI=1S/C19H25NO6/c1-24-17-7-5-12(18(25-2)19(17)26-3)8-9-20-11-16(23)13-4-6-14(21)15(22)10-13/h4-7,10,16,20-23H,8-9,11H2,1-3H3/t16-/m1/s1. The molecule has 0 aliphatic carbocycles. The minimum atomic E-state index is -0.797. The van der Waals surface area contributed by atoms with Gasteiger partial charge in [-0.05, 0) is 42.3 Å². The Morgan fingerprint density at radius 2 is 1.65 bits per heavy atom. The highest BCUT2D eigenvalue weighted by atomic mass is 16.5. The Kier molecular flexibility index (Phi) is 6.94. The molecule has 26 heavy (non-hydrogen) atoms. The van der Waals surface area contributed by atoms with Gasteiger partial charge in [0.25, 0.3) is 0 Å². The number of benzene rings is 2. The fourth-order valence-corrected chi connectivity index (χ4v) is 2.69. The maximum atomic E-state index is 10.2. The molecular formula is C19H25NO6. The van der Waals surface area contributed by atoms with Gasteiger partial charge in [-0.2, -0.15) is 0 Å². The van der Waals surface area contributed by atoms with E-state index in [4.69, 9.17) is 14.2 Å². The van der Waals surface area contributed by atoms with Crippen molar-refractivity contribution in [1.82, 2.24) is 5.32 Å². The first-order chi connectivity index (χ1) is 12.5. The molecule has 2 rings (SSSR count). The van der Waals surface area contributed by atoms with E-state index in [0.717, 1.165) is 5.56 Å². The number of aliphatic hydroxyl groups is 1. The topological polar surface area (TPSA) is 100 Å². The number of phenolic OH excluding ortho intramolecular Hbond substituents is 2. The van der Waals surface area contributed by atoms with Crippen molar-refractivity contribution < 1.29 is 29.5 Å². The van der Waals surface area contributed by atoms with Crippen LogP contribution in [0.1, 0.15) is 17.2 Å². The van der Waals surface area contributed by atoms with Crippen LogP contribution in [0, 0.1) is 0 Å². The Hall–Kier alpha value is -2.64. The maximum absolute atomic E-state index is 10.2. The quantitative estimate of drug-likeness (QED) is 0.399. The summed E-state index contributed by atoms with van der Waals surface area (Å²) in [7, 11) is 4.71. The lowest BCUT2D eigenvalue weighted by Gasteiger charge is -2.16. The number of aromatic hydroxyl groups is 2. The summed E-state index contributed by atoms with van der Waals surface area (Å²) in [6, 6.07) is 8.00. The summed E-state index contributed by atoms with van der Waals surface area (Å²) in [5.74, 6) is 1.31. The fraction of sp³-hybridized carbons (Fsp3) is 0.368. The van der Waals surface area contributed by atoms with Crippen LogP contribution in [0.15, 0.2) is 30.3 Å². The molecule has 4 N–H and O–H groups in total. The summed E-state index contributed by atoms with van der Waals surface area (Å²) in [5.41, 5.74) is 1.48. The predicted octanol–water partition coefficient (Wildman–Crippen LogP) is 1.99. The van der Waals surface area contributed by atoms with Crippen LogP contribution in [-0.2, 0) is 6.42 Å². The van der Waals surface area contributed by atoms with Gasteiger partial charge in [0.2, 0.25) is 5.75 Å². The van der Waals surface area contributed by atoms with E-state index in [9.17, 15) is 15.3 Å². The Balaban J connectivity index is 1.94. The molecule has 0 saturated heterocycles. The highest BCUT2D eigenvalue weighted by Crippen LogP contribution is 2.39. The largest absolute Gasteiger partial charge is 0.504 e. The molecule has 7 heteroatoms. The second-order valence-corrected chi connectivity index (χ2v) is 5.71. The first-order valence-corrected chi connectivity index (χ1v) is 8.20. The highest BCUT2D eigenvalue weighted by Gasteiger charge is 2.16. The SMILES string of the molecule is COc1ccc(CCNC[C@@H](O)c2ccc(O)c(O)c2)c(OC)c1OC. The number of hydrogen-bond donors (Lipinski definition) is 4. The van der Waals surface area contributed by atoms with Gasteiger partial charge in [0.05, 0.1) is 27.4 Å². The van der Waals surface area contributed by atoms with Crippen molar-refractivity contribution in [3.05, 3.63) is 41.5 Å². The molecule has 0 heterocycles. The Labute approximate surface area is 152 Å². The van der Waals surface area contributed by atoms with Crippen molar-refractivity contribution in [3.63, 3.8) is 0 Å². The van der Waals surface area contributed by atoms with Gasteiger partial charge in [-0.3, -0.25) is 0 Å². The molecule has 142 valence electrons. The van der Waals surface area contributed by atoms with E-state index in [1.165, 1.54) is 12.1 Å². The van der Waals surface area contributed by atoms with Crippen LogP contribution in [-0.4, -0.2) is 49.7 Å². The van der Waals surface area contributed by atoms with Gasteiger partial charge in [-0.25, -0.2) is 0 Å². The maximum Gasteiger partial charge on any atom is 0.203 e. The van der Waals surface area contributed by atoms with Gasteiger partial charge in [0, 0.05) is 6.54 Å². The molecule has 7 nitrogen and oxygen atoms in total. The van der Waals surface area contributed by atoms with Crippen LogP contribution < -0.4 is 19.5 Å². The number of rotatable bonds is 9. The second kappa shape index (κ2) is 9.17. The first kappa shape index (κ1) is 19.7. The molecule has 1 atom stereocenters. The Morgan fingerprint density at radius 1 is 0.923 bits per heavy atom. The van der Waals surface area contributed by atoms with E-state index in [-0.39, 0.29) is 11.5 Å². The van der Waals surface area contributed by atoms with Gasteiger partial charge in [-0.15, -0.1) is 0 Å². The minimum Gasteiger partial charge on any atom is -0.504 e. The lowest BCUT2D eigenvalue weighted by Crippen LogP contribution is -2.24. The van der Waals surface area contributed by atoms with Crippen molar-refractivity contribution in [1.29, 1.82) is 0 Å². The number of methoxy groups -OCH3 is 3. The molecule has 2 aromatic rings. The van der Waals surface area contributed by atoms with Crippen LogP contribution >= 0.6 is 0 Å².